The monoisotopic (exact) mass is 115 g/mol. The van der Waals surface area contributed by atoms with Crippen molar-refractivity contribution in [2.24, 2.45) is 10.6 Å². The quantitative estimate of drug-likeness (QED) is 0.481. The summed E-state index contributed by atoms with van der Waals surface area (Å²) in [6, 6.07) is -0.0810. The minimum Gasteiger partial charge on any atom is -0.151 e. The molecule has 48 valence electrons. The highest BCUT2D eigenvalue weighted by Gasteiger charge is 2.19. The predicted molar refractivity (Wildman–Crippen MR) is 34.7 cm³/mol. The molecule has 2 nitrogen and oxygen atoms in total. The van der Waals surface area contributed by atoms with Gasteiger partial charge in [-0.3, -0.25) is 0 Å². The van der Waals surface area contributed by atoms with Gasteiger partial charge in [0.2, 0.25) is 0 Å². The summed E-state index contributed by atoms with van der Waals surface area (Å²) in [5, 5.41) is 2.91. The first-order chi connectivity index (χ1) is 3.48. The van der Waals surface area contributed by atoms with Crippen molar-refractivity contribution in [2.45, 2.75) is 33.7 Å². The van der Waals surface area contributed by atoms with Gasteiger partial charge in [0.1, 0.15) is 0 Å². The molecule has 0 N–H and O–H groups in total. The molecule has 0 rings (SSSR count). The van der Waals surface area contributed by atoms with E-state index in [9.17, 15) is 4.91 Å². The minimum absolute atomic E-state index is 0.0295. The van der Waals surface area contributed by atoms with Crippen molar-refractivity contribution in [1.82, 2.24) is 0 Å². The summed E-state index contributed by atoms with van der Waals surface area (Å²) in [5.41, 5.74) is 0.0295. The van der Waals surface area contributed by atoms with Gasteiger partial charge >= 0.3 is 0 Å². The molecule has 0 aliphatic carbocycles. The molecule has 0 aromatic rings. The average molecular weight is 115 g/mol. The number of nitrogens with zero attached hydrogens (tertiary/aromatic N) is 1. The molecule has 0 saturated carbocycles. The van der Waals surface area contributed by atoms with Crippen LogP contribution in [0.2, 0.25) is 0 Å². The highest BCUT2D eigenvalue weighted by atomic mass is 16.3. The fraction of sp³-hybridized carbons (Fsp3) is 1.00. The van der Waals surface area contributed by atoms with Crippen molar-refractivity contribution in [1.29, 1.82) is 0 Å². The summed E-state index contributed by atoms with van der Waals surface area (Å²) >= 11 is 0. The summed E-state index contributed by atoms with van der Waals surface area (Å²) in [5.74, 6) is 0. The number of hydrogen-bond donors (Lipinski definition) is 0. The van der Waals surface area contributed by atoms with Crippen molar-refractivity contribution >= 4 is 0 Å². The van der Waals surface area contributed by atoms with Gasteiger partial charge in [-0.05, 0) is 12.3 Å². The first kappa shape index (κ1) is 7.60. The van der Waals surface area contributed by atoms with Gasteiger partial charge in [0.05, 0.1) is 6.04 Å². The van der Waals surface area contributed by atoms with Crippen LogP contribution in [0.5, 0.6) is 0 Å². The fourth-order valence-corrected chi connectivity index (χ4v) is 0.158. The van der Waals surface area contributed by atoms with Crippen LogP contribution in [-0.2, 0) is 0 Å². The van der Waals surface area contributed by atoms with Crippen LogP contribution in [-0.4, -0.2) is 6.04 Å². The van der Waals surface area contributed by atoms with Crippen molar-refractivity contribution in [3.05, 3.63) is 4.91 Å². The lowest BCUT2D eigenvalue weighted by molar-refractivity contribution is 0.340. The van der Waals surface area contributed by atoms with Crippen LogP contribution in [0, 0.1) is 10.3 Å². The Labute approximate surface area is 50.3 Å². The molecule has 0 bridgehead atoms. The molecule has 1 atom stereocenters. The second kappa shape index (κ2) is 2.25. The van der Waals surface area contributed by atoms with E-state index in [-0.39, 0.29) is 11.5 Å². The Kier molecular flexibility index (Phi) is 2.13. The van der Waals surface area contributed by atoms with Gasteiger partial charge in [-0.25, -0.2) is 0 Å². The molecule has 0 aliphatic rings. The van der Waals surface area contributed by atoms with E-state index in [0.29, 0.717) is 0 Å². The lowest BCUT2D eigenvalue weighted by Gasteiger charge is -2.19. The lowest BCUT2D eigenvalue weighted by atomic mass is 9.89. The Balaban J connectivity index is 3.80. The SMILES string of the molecule is CC(N=O)C(C)(C)C. The maximum atomic E-state index is 9.90. The molecule has 0 fully saturated rings. The zero-order valence-corrected chi connectivity index (χ0v) is 5.93. The predicted octanol–water partition coefficient (Wildman–Crippen LogP) is 2.19. The highest BCUT2D eigenvalue weighted by Crippen LogP contribution is 2.20. The van der Waals surface area contributed by atoms with Gasteiger partial charge in [-0.15, -0.1) is 0 Å². The van der Waals surface area contributed by atoms with Crippen molar-refractivity contribution < 1.29 is 0 Å². The topological polar surface area (TPSA) is 29.4 Å². The summed E-state index contributed by atoms with van der Waals surface area (Å²) in [4.78, 5) is 9.90. The van der Waals surface area contributed by atoms with Crippen LogP contribution in [0.1, 0.15) is 27.7 Å². The zero-order chi connectivity index (χ0) is 6.78. The molecule has 0 spiro atoms. The molecule has 0 saturated heterocycles. The molecular formula is C6H13NO. The van der Waals surface area contributed by atoms with E-state index in [4.69, 9.17) is 0 Å². The Hall–Kier alpha value is -0.400. The van der Waals surface area contributed by atoms with Crippen LogP contribution in [0.3, 0.4) is 0 Å². The van der Waals surface area contributed by atoms with E-state index in [1.165, 1.54) is 0 Å². The normalized spacial score (nSPS) is 15.5. The standard InChI is InChI=1S/C6H13NO/c1-5(7-8)6(2,3)4/h5H,1-4H3. The molecule has 2 heteroatoms. The second-order valence-electron chi connectivity index (χ2n) is 3.15. The van der Waals surface area contributed by atoms with Gasteiger partial charge in [0.25, 0.3) is 0 Å². The van der Waals surface area contributed by atoms with E-state index >= 15 is 0 Å². The maximum absolute atomic E-state index is 9.90. The summed E-state index contributed by atoms with van der Waals surface area (Å²) < 4.78 is 0. The summed E-state index contributed by atoms with van der Waals surface area (Å²) in [6.45, 7) is 7.82. The molecule has 0 aromatic heterocycles. The van der Waals surface area contributed by atoms with E-state index < -0.39 is 0 Å². The van der Waals surface area contributed by atoms with E-state index in [1.807, 2.05) is 27.7 Å². The van der Waals surface area contributed by atoms with Crippen LogP contribution < -0.4 is 0 Å². The molecule has 8 heavy (non-hydrogen) atoms. The Morgan fingerprint density at radius 3 is 1.75 bits per heavy atom. The Bertz CT molecular complexity index is 83.0. The van der Waals surface area contributed by atoms with Crippen LogP contribution in [0.4, 0.5) is 0 Å². The summed E-state index contributed by atoms with van der Waals surface area (Å²) in [6.07, 6.45) is 0. The van der Waals surface area contributed by atoms with Crippen molar-refractivity contribution in [3.8, 4) is 0 Å². The third-order valence-corrected chi connectivity index (χ3v) is 1.41. The molecule has 0 amide bonds. The van der Waals surface area contributed by atoms with Gasteiger partial charge < -0.3 is 0 Å². The lowest BCUT2D eigenvalue weighted by Crippen LogP contribution is -2.19. The van der Waals surface area contributed by atoms with Gasteiger partial charge in [0.15, 0.2) is 0 Å². The molecule has 0 radical (unpaired) electrons. The van der Waals surface area contributed by atoms with Crippen molar-refractivity contribution in [2.75, 3.05) is 0 Å². The van der Waals surface area contributed by atoms with E-state index in [2.05, 4.69) is 5.18 Å². The highest BCUT2D eigenvalue weighted by molar-refractivity contribution is 4.74. The van der Waals surface area contributed by atoms with E-state index in [1.54, 1.807) is 0 Å². The molecule has 0 aliphatic heterocycles. The zero-order valence-electron chi connectivity index (χ0n) is 5.93. The number of nitroso groups, excluding NO2 is 1. The van der Waals surface area contributed by atoms with Crippen molar-refractivity contribution in [3.63, 3.8) is 0 Å². The molecule has 0 heterocycles. The van der Waals surface area contributed by atoms with Crippen LogP contribution in [0.15, 0.2) is 5.18 Å². The largest absolute Gasteiger partial charge is 0.151 e. The van der Waals surface area contributed by atoms with Gasteiger partial charge in [-0.2, -0.15) is 4.91 Å². The maximum Gasteiger partial charge on any atom is 0.0939 e. The Morgan fingerprint density at radius 2 is 1.75 bits per heavy atom. The van der Waals surface area contributed by atoms with Gasteiger partial charge in [-0.1, -0.05) is 25.9 Å². The molecular weight excluding hydrogens is 102 g/mol. The first-order valence-electron chi connectivity index (χ1n) is 2.81. The third kappa shape index (κ3) is 2.05. The fourth-order valence-electron chi connectivity index (χ4n) is 0.158. The second-order valence-corrected chi connectivity index (χ2v) is 3.15. The van der Waals surface area contributed by atoms with Crippen LogP contribution >= 0.6 is 0 Å². The first-order valence-corrected chi connectivity index (χ1v) is 2.81. The van der Waals surface area contributed by atoms with Gasteiger partial charge in [0, 0.05) is 0 Å². The smallest absolute Gasteiger partial charge is 0.0939 e. The molecule has 0 aromatic carbocycles. The number of hydrogen-bond acceptors (Lipinski definition) is 2. The average Bonchev–Trinajstić information content (AvgIpc) is 1.62. The number of rotatable bonds is 1. The molecule has 1 unspecified atom stereocenters. The third-order valence-electron chi connectivity index (χ3n) is 1.41. The Morgan fingerprint density at radius 1 is 1.38 bits per heavy atom. The van der Waals surface area contributed by atoms with E-state index in [0.717, 1.165) is 0 Å². The summed E-state index contributed by atoms with van der Waals surface area (Å²) in [7, 11) is 0. The minimum atomic E-state index is -0.0810. The van der Waals surface area contributed by atoms with Crippen LogP contribution in [0.25, 0.3) is 0 Å².